The first-order chi connectivity index (χ1) is 12.9. The lowest BCUT2D eigenvalue weighted by molar-refractivity contribution is -0.124. The predicted octanol–water partition coefficient (Wildman–Crippen LogP) is 0.266. The molecule has 9 nitrogen and oxygen atoms in total. The molecule has 154 valence electrons. The fourth-order valence-corrected chi connectivity index (χ4v) is 2.63. The molecular weight excluding hydrogens is 475 g/mol. The fraction of sp³-hybridized carbons (Fsp3) is 0.444. The van der Waals surface area contributed by atoms with Crippen molar-refractivity contribution in [2.24, 2.45) is 4.99 Å². The van der Waals surface area contributed by atoms with Crippen molar-refractivity contribution >= 4 is 47.8 Å². The number of rotatable bonds is 7. The van der Waals surface area contributed by atoms with Crippen LogP contribution in [0.2, 0.25) is 0 Å². The van der Waals surface area contributed by atoms with E-state index in [0.29, 0.717) is 24.6 Å². The minimum atomic E-state index is -0.364. The molecule has 0 saturated carbocycles. The minimum absolute atomic E-state index is 0. The van der Waals surface area contributed by atoms with Crippen LogP contribution < -0.4 is 16.0 Å². The molecule has 1 heterocycles. The Kier molecular flexibility index (Phi) is 9.69. The first kappa shape index (κ1) is 23.7. The number of guanidine groups is 1. The molecule has 1 aromatic carbocycles. The minimum Gasteiger partial charge on any atom is -0.356 e. The van der Waals surface area contributed by atoms with Crippen LogP contribution in [0.4, 0.5) is 4.79 Å². The Bertz CT molecular complexity index is 722. The molecule has 0 atom stereocenters. The highest BCUT2D eigenvalue weighted by atomic mass is 127. The average Bonchev–Trinajstić information content (AvgIpc) is 2.98. The number of hydrogen-bond acceptors (Lipinski definition) is 4. The van der Waals surface area contributed by atoms with Gasteiger partial charge in [-0.25, -0.2) is 4.79 Å². The third-order valence-electron chi connectivity index (χ3n) is 4.07. The largest absolute Gasteiger partial charge is 0.356 e. The summed E-state index contributed by atoms with van der Waals surface area (Å²) in [6.45, 7) is 1.37. The van der Waals surface area contributed by atoms with Crippen LogP contribution in [0.1, 0.15) is 15.9 Å². The Morgan fingerprint density at radius 2 is 1.96 bits per heavy atom. The summed E-state index contributed by atoms with van der Waals surface area (Å²) in [5, 5.41) is 8.73. The van der Waals surface area contributed by atoms with Gasteiger partial charge in [-0.1, -0.05) is 12.1 Å². The maximum atomic E-state index is 12.0. The van der Waals surface area contributed by atoms with E-state index in [1.54, 1.807) is 32.1 Å². The normalized spacial score (nSPS) is 13.7. The van der Waals surface area contributed by atoms with E-state index in [1.165, 1.54) is 4.90 Å². The summed E-state index contributed by atoms with van der Waals surface area (Å²) in [6, 6.07) is 7.17. The topological polar surface area (TPSA) is 106 Å². The number of hydrogen-bond donors (Lipinski definition) is 3. The highest BCUT2D eigenvalue weighted by molar-refractivity contribution is 14.0. The molecule has 1 aliphatic heterocycles. The standard InChI is InChI=1S/C18H26N6O3.HI/c1-19-17(21-9-10-24-15(25)12-22-18(24)27)20-8-7-13-5-4-6-14(11-13)16(26)23(2)3;/h4-6,11H,7-10,12H2,1-3H3,(H,22,27)(H2,19,20,21);1H. The van der Waals surface area contributed by atoms with Gasteiger partial charge in [0.1, 0.15) is 0 Å². The first-order valence-electron chi connectivity index (χ1n) is 8.75. The Morgan fingerprint density at radius 3 is 2.57 bits per heavy atom. The molecule has 0 aromatic heterocycles. The van der Waals surface area contributed by atoms with Crippen molar-refractivity contribution in [3.05, 3.63) is 35.4 Å². The van der Waals surface area contributed by atoms with E-state index >= 15 is 0 Å². The molecule has 28 heavy (non-hydrogen) atoms. The van der Waals surface area contributed by atoms with E-state index < -0.39 is 0 Å². The zero-order valence-electron chi connectivity index (χ0n) is 16.3. The molecule has 0 unspecified atom stereocenters. The zero-order chi connectivity index (χ0) is 19.8. The number of halogens is 1. The third-order valence-corrected chi connectivity index (χ3v) is 4.07. The summed E-state index contributed by atoms with van der Waals surface area (Å²) in [5.41, 5.74) is 1.71. The van der Waals surface area contributed by atoms with Gasteiger partial charge >= 0.3 is 6.03 Å². The fourth-order valence-electron chi connectivity index (χ4n) is 2.63. The van der Waals surface area contributed by atoms with Crippen molar-refractivity contribution in [1.29, 1.82) is 0 Å². The molecule has 0 radical (unpaired) electrons. The van der Waals surface area contributed by atoms with Crippen LogP contribution in [0.5, 0.6) is 0 Å². The van der Waals surface area contributed by atoms with Gasteiger partial charge in [0, 0.05) is 46.3 Å². The lowest BCUT2D eigenvalue weighted by Crippen LogP contribution is -2.43. The SMILES string of the molecule is CN=C(NCCc1cccc(C(=O)N(C)C)c1)NCCN1C(=O)CNC1=O.I. The summed E-state index contributed by atoms with van der Waals surface area (Å²) in [4.78, 5) is 41.9. The van der Waals surface area contributed by atoms with Crippen LogP contribution in [-0.4, -0.2) is 80.9 Å². The van der Waals surface area contributed by atoms with Crippen LogP contribution in [0.3, 0.4) is 0 Å². The zero-order valence-corrected chi connectivity index (χ0v) is 18.6. The van der Waals surface area contributed by atoms with Gasteiger partial charge in [0.15, 0.2) is 5.96 Å². The Balaban J connectivity index is 0.00000392. The van der Waals surface area contributed by atoms with Gasteiger partial charge < -0.3 is 20.9 Å². The highest BCUT2D eigenvalue weighted by Crippen LogP contribution is 2.07. The molecule has 4 amide bonds. The number of imide groups is 1. The number of benzene rings is 1. The second kappa shape index (κ2) is 11.5. The van der Waals surface area contributed by atoms with Gasteiger partial charge in [-0.05, 0) is 24.1 Å². The van der Waals surface area contributed by atoms with Gasteiger partial charge in [-0.3, -0.25) is 19.5 Å². The van der Waals surface area contributed by atoms with Crippen LogP contribution in [0.25, 0.3) is 0 Å². The monoisotopic (exact) mass is 502 g/mol. The van der Waals surface area contributed by atoms with Crippen LogP contribution in [0, 0.1) is 0 Å². The van der Waals surface area contributed by atoms with Crippen molar-refractivity contribution in [3.8, 4) is 0 Å². The van der Waals surface area contributed by atoms with Crippen molar-refractivity contribution in [3.63, 3.8) is 0 Å². The second-order valence-corrected chi connectivity index (χ2v) is 6.28. The maximum absolute atomic E-state index is 12.0. The number of urea groups is 1. The molecule has 1 aliphatic rings. The molecule has 3 N–H and O–H groups in total. The average molecular weight is 502 g/mol. The van der Waals surface area contributed by atoms with Crippen molar-refractivity contribution in [2.45, 2.75) is 6.42 Å². The van der Waals surface area contributed by atoms with Crippen molar-refractivity contribution in [1.82, 2.24) is 25.8 Å². The Morgan fingerprint density at radius 1 is 1.25 bits per heavy atom. The molecule has 0 aliphatic carbocycles. The van der Waals surface area contributed by atoms with E-state index in [0.717, 1.165) is 12.0 Å². The second-order valence-electron chi connectivity index (χ2n) is 6.28. The summed E-state index contributed by atoms with van der Waals surface area (Å²) >= 11 is 0. The van der Waals surface area contributed by atoms with Gasteiger partial charge in [-0.2, -0.15) is 0 Å². The van der Waals surface area contributed by atoms with E-state index in [-0.39, 0.29) is 54.9 Å². The van der Waals surface area contributed by atoms with E-state index in [9.17, 15) is 14.4 Å². The van der Waals surface area contributed by atoms with E-state index in [4.69, 9.17) is 0 Å². The number of nitrogens with one attached hydrogen (secondary N) is 3. The van der Waals surface area contributed by atoms with Crippen LogP contribution >= 0.6 is 24.0 Å². The van der Waals surface area contributed by atoms with E-state index in [2.05, 4.69) is 20.9 Å². The van der Waals surface area contributed by atoms with Crippen molar-refractivity contribution < 1.29 is 14.4 Å². The smallest absolute Gasteiger partial charge is 0.324 e. The summed E-state index contributed by atoms with van der Waals surface area (Å²) in [5.74, 6) is 0.335. The molecule has 0 spiro atoms. The molecule has 0 bridgehead atoms. The third kappa shape index (κ3) is 6.66. The molecule has 1 fully saturated rings. The number of nitrogens with zero attached hydrogens (tertiary/aromatic N) is 3. The molecule has 10 heteroatoms. The van der Waals surface area contributed by atoms with Gasteiger partial charge in [0.25, 0.3) is 5.91 Å². The Hall–Kier alpha value is -2.37. The first-order valence-corrected chi connectivity index (χ1v) is 8.75. The number of amides is 4. The molecule has 2 rings (SSSR count). The molecule has 1 saturated heterocycles. The highest BCUT2D eigenvalue weighted by Gasteiger charge is 2.27. The summed E-state index contributed by atoms with van der Waals surface area (Å²) < 4.78 is 0. The summed E-state index contributed by atoms with van der Waals surface area (Å²) in [7, 11) is 5.11. The van der Waals surface area contributed by atoms with Gasteiger partial charge in [0.05, 0.1) is 6.54 Å². The molecule has 1 aromatic rings. The van der Waals surface area contributed by atoms with Crippen molar-refractivity contribution in [2.75, 3.05) is 47.3 Å². The molecular formula is C18H27IN6O3. The van der Waals surface area contributed by atoms with Crippen LogP contribution in [0.15, 0.2) is 29.3 Å². The quantitative estimate of drug-likeness (QED) is 0.215. The lowest BCUT2D eigenvalue weighted by Gasteiger charge is -2.15. The van der Waals surface area contributed by atoms with Gasteiger partial charge in [0.2, 0.25) is 5.91 Å². The predicted molar refractivity (Wildman–Crippen MR) is 118 cm³/mol. The van der Waals surface area contributed by atoms with Gasteiger partial charge in [-0.15, -0.1) is 24.0 Å². The summed E-state index contributed by atoms with van der Waals surface area (Å²) in [6.07, 6.45) is 0.724. The maximum Gasteiger partial charge on any atom is 0.324 e. The Labute approximate surface area is 181 Å². The number of carbonyl (C=O) groups excluding carboxylic acids is 3. The number of carbonyl (C=O) groups is 3. The van der Waals surface area contributed by atoms with Crippen LogP contribution in [-0.2, 0) is 11.2 Å². The lowest BCUT2D eigenvalue weighted by atomic mass is 10.1. The van der Waals surface area contributed by atoms with E-state index in [1.807, 2.05) is 18.2 Å². The number of aliphatic imine (C=N–C) groups is 1.